The normalized spacial score (nSPS) is 16.0. The molecule has 0 fully saturated rings. The minimum Gasteiger partial charge on any atom is -0.496 e. The quantitative estimate of drug-likeness (QED) is 0.629. The molecule has 2 aromatic carbocycles. The van der Waals surface area contributed by atoms with Gasteiger partial charge in [0.05, 0.1) is 7.11 Å². The molecule has 1 aliphatic rings. The topological polar surface area (TPSA) is 45.7 Å². The number of guanidine groups is 1. The lowest BCUT2D eigenvalue weighted by molar-refractivity contribution is 0.411. The number of benzene rings is 2. The van der Waals surface area contributed by atoms with Gasteiger partial charge in [0.2, 0.25) is 0 Å². The Labute approximate surface area is 150 Å². The zero-order chi connectivity index (χ0) is 17.6. The lowest BCUT2D eigenvalue weighted by Gasteiger charge is -2.30. The number of nitrogens with zero attached hydrogens (tertiary/aromatic N) is 1. The van der Waals surface area contributed by atoms with Crippen molar-refractivity contribution in [2.45, 2.75) is 25.7 Å². The second-order valence-electron chi connectivity index (χ2n) is 6.53. The summed E-state index contributed by atoms with van der Waals surface area (Å²) in [6.45, 7) is 3.83. The van der Waals surface area contributed by atoms with Crippen LogP contribution in [-0.2, 0) is 12.8 Å². The van der Waals surface area contributed by atoms with Crippen molar-refractivity contribution < 1.29 is 4.74 Å². The number of aliphatic imine (C=N–C) groups is 1. The maximum Gasteiger partial charge on any atom is 0.191 e. The molecule has 0 spiro atoms. The first kappa shape index (κ1) is 17.3. The Morgan fingerprint density at radius 2 is 2.04 bits per heavy atom. The average molecular weight is 337 g/mol. The maximum atomic E-state index is 5.39. The highest BCUT2D eigenvalue weighted by molar-refractivity contribution is 5.79. The van der Waals surface area contributed by atoms with Crippen LogP contribution < -0.4 is 15.4 Å². The third-order valence-corrected chi connectivity index (χ3v) is 4.88. The molecule has 1 aliphatic carbocycles. The summed E-state index contributed by atoms with van der Waals surface area (Å²) >= 11 is 0. The molecule has 0 aromatic heterocycles. The molecule has 132 valence electrons. The molecule has 3 rings (SSSR count). The van der Waals surface area contributed by atoms with Crippen molar-refractivity contribution in [3.63, 3.8) is 0 Å². The van der Waals surface area contributed by atoms with Crippen molar-refractivity contribution in [1.82, 2.24) is 10.6 Å². The van der Waals surface area contributed by atoms with Gasteiger partial charge in [-0.2, -0.15) is 0 Å². The molecule has 4 nitrogen and oxygen atoms in total. The zero-order valence-corrected chi connectivity index (χ0v) is 15.3. The summed E-state index contributed by atoms with van der Waals surface area (Å²) in [5.41, 5.74) is 5.37. The molecule has 2 N–H and O–H groups in total. The Morgan fingerprint density at radius 3 is 2.80 bits per heavy atom. The lowest BCUT2D eigenvalue weighted by atomic mass is 9.78. The lowest BCUT2D eigenvalue weighted by Crippen LogP contribution is -2.41. The fourth-order valence-electron chi connectivity index (χ4n) is 3.33. The van der Waals surface area contributed by atoms with Crippen molar-refractivity contribution >= 4 is 5.96 Å². The van der Waals surface area contributed by atoms with Gasteiger partial charge in [-0.25, -0.2) is 0 Å². The second-order valence-corrected chi connectivity index (χ2v) is 6.53. The Balaban J connectivity index is 1.44. The first-order valence-electron chi connectivity index (χ1n) is 8.87. The summed E-state index contributed by atoms with van der Waals surface area (Å²) in [5.74, 6) is 2.41. The van der Waals surface area contributed by atoms with Crippen molar-refractivity contribution in [1.29, 1.82) is 0 Å². The first-order chi connectivity index (χ1) is 12.2. The maximum absolute atomic E-state index is 5.39. The molecule has 0 bridgehead atoms. The van der Waals surface area contributed by atoms with Crippen LogP contribution in [0.3, 0.4) is 0 Å². The Bertz CT molecular complexity index is 755. The standard InChI is InChI=1S/C21H27N3O/c1-15-8-9-16(12-20(15)25-3)10-11-23-21(22-2)24-14-18-13-17-6-4-5-7-19(17)18/h4-9,12,18H,10-11,13-14H2,1-3H3,(H2,22,23,24). The zero-order valence-electron chi connectivity index (χ0n) is 15.3. The van der Waals surface area contributed by atoms with Crippen LogP contribution >= 0.6 is 0 Å². The Hall–Kier alpha value is -2.49. The van der Waals surface area contributed by atoms with Gasteiger partial charge in [-0.1, -0.05) is 36.4 Å². The van der Waals surface area contributed by atoms with Crippen LogP contribution in [0.15, 0.2) is 47.5 Å². The third kappa shape index (κ3) is 4.13. The highest BCUT2D eigenvalue weighted by Gasteiger charge is 2.25. The number of fused-ring (bicyclic) bond motifs is 1. The minimum absolute atomic E-state index is 0.594. The number of nitrogens with one attached hydrogen (secondary N) is 2. The molecule has 0 amide bonds. The van der Waals surface area contributed by atoms with E-state index in [1.165, 1.54) is 16.7 Å². The summed E-state index contributed by atoms with van der Waals surface area (Å²) in [6, 6.07) is 15.0. The molecule has 0 saturated carbocycles. The summed E-state index contributed by atoms with van der Waals surface area (Å²) in [6.07, 6.45) is 2.09. The van der Waals surface area contributed by atoms with Crippen molar-refractivity contribution in [3.05, 3.63) is 64.7 Å². The van der Waals surface area contributed by atoms with Gasteiger partial charge in [-0.3, -0.25) is 4.99 Å². The fourth-order valence-corrected chi connectivity index (χ4v) is 3.33. The van der Waals surface area contributed by atoms with E-state index in [1.807, 2.05) is 7.05 Å². The van der Waals surface area contributed by atoms with Gasteiger partial charge in [-0.15, -0.1) is 0 Å². The monoisotopic (exact) mass is 337 g/mol. The third-order valence-electron chi connectivity index (χ3n) is 4.88. The number of aryl methyl sites for hydroxylation is 1. The molecule has 0 radical (unpaired) electrons. The number of hydrogen-bond donors (Lipinski definition) is 2. The van der Waals surface area contributed by atoms with E-state index in [9.17, 15) is 0 Å². The molecule has 0 aliphatic heterocycles. The van der Waals surface area contributed by atoms with Gasteiger partial charge >= 0.3 is 0 Å². The molecule has 2 aromatic rings. The minimum atomic E-state index is 0.594. The summed E-state index contributed by atoms with van der Waals surface area (Å²) in [5, 5.41) is 6.84. The average Bonchev–Trinajstić information content (AvgIpc) is 2.62. The van der Waals surface area contributed by atoms with Crippen LogP contribution in [0.25, 0.3) is 0 Å². The molecule has 0 heterocycles. The van der Waals surface area contributed by atoms with Gasteiger partial charge in [0, 0.05) is 26.1 Å². The number of methoxy groups -OCH3 is 1. The van der Waals surface area contributed by atoms with Crippen LogP contribution in [0.5, 0.6) is 5.75 Å². The largest absolute Gasteiger partial charge is 0.496 e. The van der Waals surface area contributed by atoms with Gasteiger partial charge in [0.25, 0.3) is 0 Å². The van der Waals surface area contributed by atoms with E-state index in [4.69, 9.17) is 4.74 Å². The van der Waals surface area contributed by atoms with E-state index >= 15 is 0 Å². The van der Waals surface area contributed by atoms with Crippen LogP contribution in [0.1, 0.15) is 28.2 Å². The molecule has 25 heavy (non-hydrogen) atoms. The van der Waals surface area contributed by atoms with Crippen LogP contribution in [0.4, 0.5) is 0 Å². The predicted molar refractivity (Wildman–Crippen MR) is 104 cm³/mol. The van der Waals surface area contributed by atoms with Gasteiger partial charge in [-0.05, 0) is 48.1 Å². The predicted octanol–water partition coefficient (Wildman–Crippen LogP) is 3.05. The van der Waals surface area contributed by atoms with E-state index in [0.29, 0.717) is 5.92 Å². The van der Waals surface area contributed by atoms with Crippen molar-refractivity contribution in [3.8, 4) is 5.75 Å². The smallest absolute Gasteiger partial charge is 0.191 e. The van der Waals surface area contributed by atoms with Crippen LogP contribution in [0, 0.1) is 6.92 Å². The van der Waals surface area contributed by atoms with Crippen molar-refractivity contribution in [2.75, 3.05) is 27.2 Å². The van der Waals surface area contributed by atoms with Gasteiger partial charge < -0.3 is 15.4 Å². The van der Waals surface area contributed by atoms with Gasteiger partial charge in [0.15, 0.2) is 5.96 Å². The number of ether oxygens (including phenoxy) is 1. The fraction of sp³-hybridized carbons (Fsp3) is 0.381. The molecule has 1 unspecified atom stereocenters. The molecule has 4 heteroatoms. The molecule has 0 saturated heterocycles. The van der Waals surface area contributed by atoms with Crippen molar-refractivity contribution in [2.24, 2.45) is 4.99 Å². The highest BCUT2D eigenvalue weighted by Crippen LogP contribution is 2.33. The SMILES string of the molecule is CN=C(NCCc1ccc(C)c(OC)c1)NCC1Cc2ccccc21. The van der Waals surface area contributed by atoms with Crippen LogP contribution in [0.2, 0.25) is 0 Å². The van der Waals surface area contributed by atoms with E-state index < -0.39 is 0 Å². The van der Waals surface area contributed by atoms with Gasteiger partial charge in [0.1, 0.15) is 5.75 Å². The van der Waals surface area contributed by atoms with E-state index in [-0.39, 0.29) is 0 Å². The Kier molecular flexibility index (Phi) is 5.59. The molecule has 1 atom stereocenters. The highest BCUT2D eigenvalue weighted by atomic mass is 16.5. The van der Waals surface area contributed by atoms with E-state index in [2.05, 4.69) is 65.0 Å². The van der Waals surface area contributed by atoms with E-state index in [1.54, 1.807) is 7.11 Å². The van der Waals surface area contributed by atoms with Crippen LogP contribution in [-0.4, -0.2) is 33.2 Å². The summed E-state index contributed by atoms with van der Waals surface area (Å²) < 4.78 is 5.39. The first-order valence-corrected chi connectivity index (χ1v) is 8.87. The number of hydrogen-bond acceptors (Lipinski definition) is 2. The summed E-state index contributed by atoms with van der Waals surface area (Å²) in [4.78, 5) is 4.32. The summed E-state index contributed by atoms with van der Waals surface area (Å²) in [7, 11) is 3.54. The molecular formula is C21H27N3O. The second kappa shape index (κ2) is 8.06. The van der Waals surface area contributed by atoms with E-state index in [0.717, 1.165) is 43.2 Å². The number of rotatable bonds is 6. The molecular weight excluding hydrogens is 310 g/mol. The Morgan fingerprint density at radius 1 is 1.20 bits per heavy atom.